The Morgan fingerprint density at radius 1 is 1.21 bits per heavy atom. The van der Waals surface area contributed by atoms with E-state index in [4.69, 9.17) is 0 Å². The van der Waals surface area contributed by atoms with Gasteiger partial charge in [0.1, 0.15) is 5.69 Å². The van der Waals surface area contributed by atoms with Crippen molar-refractivity contribution < 1.29 is 18.3 Å². The van der Waals surface area contributed by atoms with Crippen molar-refractivity contribution in [3.63, 3.8) is 0 Å². The van der Waals surface area contributed by atoms with E-state index in [0.717, 1.165) is 17.5 Å². The first-order valence-corrected chi connectivity index (χ1v) is 8.90. The third-order valence-corrected chi connectivity index (χ3v) is 4.80. The summed E-state index contributed by atoms with van der Waals surface area (Å²) in [5.41, 5.74) is 1.97. The van der Waals surface area contributed by atoms with Gasteiger partial charge in [0, 0.05) is 31.2 Å². The SMILES string of the molecule is Cc1cccc2c(C(O)CN(C)Cc3cc(C)n(C)n3)cc(C(F)(F)F)nc12. The van der Waals surface area contributed by atoms with Crippen LogP contribution in [0.15, 0.2) is 30.3 Å². The zero-order valence-corrected chi connectivity index (χ0v) is 16.2. The summed E-state index contributed by atoms with van der Waals surface area (Å²) in [5, 5.41) is 15.6. The minimum Gasteiger partial charge on any atom is -0.387 e. The van der Waals surface area contributed by atoms with Gasteiger partial charge in [0.25, 0.3) is 0 Å². The predicted molar refractivity (Wildman–Crippen MR) is 101 cm³/mol. The molecule has 0 fully saturated rings. The Kier molecular flexibility index (Phi) is 5.45. The minimum atomic E-state index is -4.58. The summed E-state index contributed by atoms with van der Waals surface area (Å²) in [5.74, 6) is 0. The van der Waals surface area contributed by atoms with Crippen molar-refractivity contribution in [2.75, 3.05) is 13.6 Å². The van der Waals surface area contributed by atoms with Crippen molar-refractivity contribution in [2.24, 2.45) is 7.05 Å². The van der Waals surface area contributed by atoms with E-state index >= 15 is 0 Å². The number of aliphatic hydroxyl groups is 1. The van der Waals surface area contributed by atoms with Gasteiger partial charge >= 0.3 is 6.18 Å². The Bertz CT molecular complexity index is 978. The van der Waals surface area contributed by atoms with Crippen LogP contribution in [0.1, 0.15) is 34.3 Å². The average molecular weight is 392 g/mol. The first-order chi connectivity index (χ1) is 13.1. The predicted octanol–water partition coefficient (Wildman–Crippen LogP) is 3.77. The number of halogens is 3. The summed E-state index contributed by atoms with van der Waals surface area (Å²) in [4.78, 5) is 5.62. The highest BCUT2D eigenvalue weighted by Crippen LogP contribution is 2.34. The van der Waals surface area contributed by atoms with E-state index in [2.05, 4.69) is 10.1 Å². The highest BCUT2D eigenvalue weighted by Gasteiger charge is 2.34. The van der Waals surface area contributed by atoms with Crippen LogP contribution < -0.4 is 0 Å². The van der Waals surface area contributed by atoms with E-state index in [1.165, 1.54) is 0 Å². The summed E-state index contributed by atoms with van der Waals surface area (Å²) in [7, 11) is 3.64. The number of hydrogen-bond donors (Lipinski definition) is 1. The van der Waals surface area contributed by atoms with Crippen LogP contribution in [0.2, 0.25) is 0 Å². The molecule has 0 amide bonds. The van der Waals surface area contributed by atoms with Crippen LogP contribution in [0.25, 0.3) is 10.9 Å². The van der Waals surface area contributed by atoms with Crippen molar-refractivity contribution in [1.29, 1.82) is 0 Å². The summed E-state index contributed by atoms with van der Waals surface area (Å²) in [6.45, 7) is 4.30. The van der Waals surface area contributed by atoms with E-state index in [-0.39, 0.29) is 17.6 Å². The summed E-state index contributed by atoms with van der Waals surface area (Å²) < 4.78 is 41.7. The molecule has 1 N–H and O–H groups in total. The van der Waals surface area contributed by atoms with Gasteiger partial charge in [-0.3, -0.25) is 9.58 Å². The van der Waals surface area contributed by atoms with Gasteiger partial charge in [-0.15, -0.1) is 0 Å². The van der Waals surface area contributed by atoms with Crippen LogP contribution in [-0.4, -0.2) is 38.4 Å². The lowest BCUT2D eigenvalue weighted by atomic mass is 10.00. The van der Waals surface area contributed by atoms with Gasteiger partial charge in [-0.2, -0.15) is 18.3 Å². The smallest absolute Gasteiger partial charge is 0.387 e. The largest absolute Gasteiger partial charge is 0.433 e. The molecule has 0 saturated heterocycles. The maximum absolute atomic E-state index is 13.3. The standard InChI is InChI=1S/C20H23F3N4O/c1-12-6-5-7-15-16(9-18(20(21,22)23)24-19(12)15)17(28)11-26(3)10-14-8-13(2)27(4)25-14/h5-9,17,28H,10-11H2,1-4H3. The van der Waals surface area contributed by atoms with Gasteiger partial charge < -0.3 is 5.11 Å². The lowest BCUT2D eigenvalue weighted by Crippen LogP contribution is -2.25. The molecule has 2 heterocycles. The molecule has 8 heteroatoms. The third kappa shape index (κ3) is 4.18. The maximum atomic E-state index is 13.3. The Morgan fingerprint density at radius 2 is 1.93 bits per heavy atom. The summed E-state index contributed by atoms with van der Waals surface area (Å²) in [6, 6.07) is 8.04. The first kappa shape index (κ1) is 20.3. The number of pyridine rings is 1. The zero-order chi connectivity index (χ0) is 20.6. The van der Waals surface area contributed by atoms with Crippen molar-refractivity contribution in [1.82, 2.24) is 19.7 Å². The third-order valence-electron chi connectivity index (χ3n) is 4.80. The molecule has 2 aromatic heterocycles. The quantitative estimate of drug-likeness (QED) is 0.718. The highest BCUT2D eigenvalue weighted by atomic mass is 19.4. The molecule has 0 aliphatic rings. The normalized spacial score (nSPS) is 13.5. The van der Waals surface area contributed by atoms with Gasteiger partial charge in [0.05, 0.1) is 17.3 Å². The number of aryl methyl sites for hydroxylation is 3. The summed E-state index contributed by atoms with van der Waals surface area (Å²) >= 11 is 0. The highest BCUT2D eigenvalue weighted by molar-refractivity contribution is 5.85. The average Bonchev–Trinajstić information content (AvgIpc) is 2.90. The topological polar surface area (TPSA) is 54.2 Å². The molecule has 3 aromatic rings. The molecule has 0 aliphatic carbocycles. The van der Waals surface area contributed by atoms with Gasteiger partial charge in [0.15, 0.2) is 0 Å². The Morgan fingerprint density at radius 3 is 2.54 bits per heavy atom. The fourth-order valence-electron chi connectivity index (χ4n) is 3.29. The molecule has 1 aromatic carbocycles. The number of hydrogen-bond acceptors (Lipinski definition) is 4. The van der Waals surface area contributed by atoms with Crippen LogP contribution in [0.5, 0.6) is 0 Å². The van der Waals surface area contributed by atoms with Crippen LogP contribution in [0, 0.1) is 13.8 Å². The first-order valence-electron chi connectivity index (χ1n) is 8.90. The molecule has 3 rings (SSSR count). The number of aliphatic hydroxyl groups excluding tert-OH is 1. The number of para-hydroxylation sites is 1. The van der Waals surface area contributed by atoms with Crippen LogP contribution in [-0.2, 0) is 19.8 Å². The molecule has 5 nitrogen and oxygen atoms in total. The Labute approximate surface area is 161 Å². The molecule has 28 heavy (non-hydrogen) atoms. The molecule has 0 aliphatic heterocycles. The lowest BCUT2D eigenvalue weighted by Gasteiger charge is -2.22. The van der Waals surface area contributed by atoms with Gasteiger partial charge in [-0.05, 0) is 44.2 Å². The van der Waals surface area contributed by atoms with Crippen molar-refractivity contribution in [3.05, 3.63) is 58.5 Å². The van der Waals surface area contributed by atoms with E-state index in [1.54, 1.807) is 36.9 Å². The van der Waals surface area contributed by atoms with E-state index in [1.807, 2.05) is 24.9 Å². The Balaban J connectivity index is 1.91. The van der Waals surface area contributed by atoms with Gasteiger partial charge in [0.2, 0.25) is 0 Å². The minimum absolute atomic E-state index is 0.167. The molecule has 0 bridgehead atoms. The maximum Gasteiger partial charge on any atom is 0.433 e. The van der Waals surface area contributed by atoms with Crippen molar-refractivity contribution in [3.8, 4) is 0 Å². The Hall–Kier alpha value is -2.45. The molecule has 150 valence electrons. The van der Waals surface area contributed by atoms with Crippen LogP contribution >= 0.6 is 0 Å². The van der Waals surface area contributed by atoms with Gasteiger partial charge in [-0.1, -0.05) is 18.2 Å². The summed E-state index contributed by atoms with van der Waals surface area (Å²) in [6.07, 6.45) is -5.68. The monoisotopic (exact) mass is 392 g/mol. The molecular weight excluding hydrogens is 369 g/mol. The number of rotatable bonds is 5. The molecule has 0 saturated carbocycles. The molecular formula is C20H23F3N4O. The fraction of sp³-hybridized carbons (Fsp3) is 0.400. The lowest BCUT2D eigenvalue weighted by molar-refractivity contribution is -0.141. The molecule has 0 radical (unpaired) electrons. The number of alkyl halides is 3. The van der Waals surface area contributed by atoms with Gasteiger partial charge in [-0.25, -0.2) is 4.98 Å². The van der Waals surface area contributed by atoms with Crippen molar-refractivity contribution >= 4 is 10.9 Å². The number of likely N-dealkylation sites (N-methyl/N-ethyl adjacent to an activating group) is 1. The van der Waals surface area contributed by atoms with Crippen LogP contribution in [0.3, 0.4) is 0 Å². The van der Waals surface area contributed by atoms with E-state index in [0.29, 0.717) is 17.5 Å². The zero-order valence-electron chi connectivity index (χ0n) is 16.2. The number of fused-ring (bicyclic) bond motifs is 1. The second kappa shape index (κ2) is 7.52. The van der Waals surface area contributed by atoms with E-state index in [9.17, 15) is 18.3 Å². The number of nitrogens with zero attached hydrogens (tertiary/aromatic N) is 4. The van der Waals surface area contributed by atoms with E-state index < -0.39 is 18.0 Å². The fourth-order valence-corrected chi connectivity index (χ4v) is 3.29. The molecule has 1 atom stereocenters. The van der Waals surface area contributed by atoms with Crippen LogP contribution in [0.4, 0.5) is 13.2 Å². The molecule has 1 unspecified atom stereocenters. The second-order valence-electron chi connectivity index (χ2n) is 7.18. The molecule has 0 spiro atoms. The van der Waals surface area contributed by atoms with Crippen molar-refractivity contribution in [2.45, 2.75) is 32.7 Å². The second-order valence-corrected chi connectivity index (χ2v) is 7.18. The number of aromatic nitrogens is 3. The number of benzene rings is 1.